The maximum absolute atomic E-state index is 11.6. The summed E-state index contributed by atoms with van der Waals surface area (Å²) in [6, 6.07) is 3.76. The molecule has 0 fully saturated rings. The first kappa shape index (κ1) is 12.6. The molecule has 5 heteroatoms. The zero-order valence-electron chi connectivity index (χ0n) is 9.43. The molecule has 1 amide bonds. The van der Waals surface area contributed by atoms with Crippen LogP contribution in [0.15, 0.2) is 24.5 Å². The van der Waals surface area contributed by atoms with Crippen molar-refractivity contribution in [2.75, 3.05) is 26.8 Å². The van der Waals surface area contributed by atoms with Gasteiger partial charge in [-0.25, -0.2) is 0 Å². The van der Waals surface area contributed by atoms with Crippen molar-refractivity contribution in [2.24, 2.45) is 5.73 Å². The lowest BCUT2D eigenvalue weighted by Crippen LogP contribution is -2.30. The summed E-state index contributed by atoms with van der Waals surface area (Å²) in [5.41, 5.74) is 6.30. The number of nitrogens with two attached hydrogens (primary N) is 1. The van der Waals surface area contributed by atoms with Crippen molar-refractivity contribution in [1.82, 2.24) is 9.88 Å². The molecule has 0 aliphatic carbocycles. The number of ether oxygens (including phenoxy) is 1. The van der Waals surface area contributed by atoms with Gasteiger partial charge in [0.05, 0.1) is 6.61 Å². The van der Waals surface area contributed by atoms with Gasteiger partial charge in [-0.1, -0.05) is 0 Å². The summed E-state index contributed by atoms with van der Waals surface area (Å²) < 4.78 is 5.07. The molecular weight excluding hydrogens is 206 g/mol. The van der Waals surface area contributed by atoms with Crippen molar-refractivity contribution in [2.45, 2.75) is 6.54 Å². The van der Waals surface area contributed by atoms with Crippen LogP contribution in [0.3, 0.4) is 0 Å². The second-order valence-corrected chi connectivity index (χ2v) is 3.45. The van der Waals surface area contributed by atoms with Gasteiger partial charge in [-0.15, -0.1) is 0 Å². The van der Waals surface area contributed by atoms with Crippen LogP contribution in [0.5, 0.6) is 0 Å². The Morgan fingerprint density at radius 3 is 2.81 bits per heavy atom. The van der Waals surface area contributed by atoms with Crippen LogP contribution in [0, 0.1) is 0 Å². The second kappa shape index (κ2) is 6.92. The third-order valence-electron chi connectivity index (χ3n) is 2.08. The van der Waals surface area contributed by atoms with E-state index < -0.39 is 0 Å². The number of aromatic nitrogens is 1. The maximum Gasteiger partial charge on any atom is 0.248 e. The lowest BCUT2D eigenvalue weighted by molar-refractivity contribution is -0.135. The highest BCUT2D eigenvalue weighted by Gasteiger charge is 2.08. The predicted molar refractivity (Wildman–Crippen MR) is 60.6 cm³/mol. The number of pyridine rings is 1. The Labute approximate surface area is 95.2 Å². The first-order valence-electron chi connectivity index (χ1n) is 5.14. The Morgan fingerprint density at radius 1 is 1.50 bits per heavy atom. The SMILES string of the molecule is CN(Cc1ccncc1)C(=O)COCCN. The summed E-state index contributed by atoms with van der Waals surface area (Å²) >= 11 is 0. The van der Waals surface area contributed by atoms with Crippen molar-refractivity contribution < 1.29 is 9.53 Å². The van der Waals surface area contributed by atoms with Crippen LogP contribution < -0.4 is 5.73 Å². The topological polar surface area (TPSA) is 68.5 Å². The van der Waals surface area contributed by atoms with Crippen LogP contribution in [0.4, 0.5) is 0 Å². The van der Waals surface area contributed by atoms with E-state index in [-0.39, 0.29) is 12.5 Å². The van der Waals surface area contributed by atoms with Gasteiger partial charge in [0.15, 0.2) is 0 Å². The van der Waals surface area contributed by atoms with Crippen LogP contribution in [-0.4, -0.2) is 42.6 Å². The predicted octanol–water partition coefficient (Wildman–Crippen LogP) is 0.0153. The van der Waals surface area contributed by atoms with E-state index in [0.717, 1.165) is 5.56 Å². The van der Waals surface area contributed by atoms with E-state index >= 15 is 0 Å². The molecule has 0 atom stereocenters. The van der Waals surface area contributed by atoms with Gasteiger partial charge in [-0.3, -0.25) is 9.78 Å². The summed E-state index contributed by atoms with van der Waals surface area (Å²) in [6.45, 7) is 1.49. The lowest BCUT2D eigenvalue weighted by atomic mass is 10.2. The quantitative estimate of drug-likeness (QED) is 0.690. The van der Waals surface area contributed by atoms with Gasteiger partial charge in [-0.2, -0.15) is 0 Å². The molecule has 0 saturated heterocycles. The summed E-state index contributed by atoms with van der Waals surface area (Å²) in [6.07, 6.45) is 3.41. The van der Waals surface area contributed by atoms with E-state index in [1.54, 1.807) is 24.3 Å². The molecule has 0 saturated carbocycles. The van der Waals surface area contributed by atoms with E-state index in [1.807, 2.05) is 12.1 Å². The third-order valence-corrected chi connectivity index (χ3v) is 2.08. The van der Waals surface area contributed by atoms with Gasteiger partial charge in [0.2, 0.25) is 5.91 Å². The fraction of sp³-hybridized carbons (Fsp3) is 0.455. The molecule has 2 N–H and O–H groups in total. The van der Waals surface area contributed by atoms with Crippen LogP contribution in [0.25, 0.3) is 0 Å². The number of likely N-dealkylation sites (N-methyl/N-ethyl adjacent to an activating group) is 1. The Hall–Kier alpha value is -1.46. The molecule has 1 heterocycles. The Bertz CT molecular complexity index is 316. The summed E-state index contributed by atoms with van der Waals surface area (Å²) in [5, 5.41) is 0. The van der Waals surface area contributed by atoms with Crippen molar-refractivity contribution >= 4 is 5.91 Å². The molecular formula is C11H17N3O2. The summed E-state index contributed by atoms with van der Waals surface area (Å²) in [7, 11) is 1.74. The Morgan fingerprint density at radius 2 is 2.19 bits per heavy atom. The number of amides is 1. The molecule has 88 valence electrons. The van der Waals surface area contributed by atoms with Crippen LogP contribution in [0.1, 0.15) is 5.56 Å². The van der Waals surface area contributed by atoms with Gasteiger partial charge in [-0.05, 0) is 17.7 Å². The van der Waals surface area contributed by atoms with Crippen molar-refractivity contribution in [3.63, 3.8) is 0 Å². The van der Waals surface area contributed by atoms with E-state index in [4.69, 9.17) is 10.5 Å². The molecule has 16 heavy (non-hydrogen) atoms. The number of nitrogens with zero attached hydrogens (tertiary/aromatic N) is 2. The van der Waals surface area contributed by atoms with Gasteiger partial charge >= 0.3 is 0 Å². The smallest absolute Gasteiger partial charge is 0.248 e. The average Bonchev–Trinajstić information content (AvgIpc) is 2.30. The highest BCUT2D eigenvalue weighted by atomic mass is 16.5. The minimum absolute atomic E-state index is 0.0507. The van der Waals surface area contributed by atoms with Crippen LogP contribution in [0.2, 0.25) is 0 Å². The van der Waals surface area contributed by atoms with Gasteiger partial charge in [0, 0.05) is 32.5 Å². The molecule has 0 unspecified atom stereocenters. The number of hydrogen-bond acceptors (Lipinski definition) is 4. The van der Waals surface area contributed by atoms with Crippen molar-refractivity contribution in [3.8, 4) is 0 Å². The largest absolute Gasteiger partial charge is 0.370 e. The molecule has 1 rings (SSSR count). The summed E-state index contributed by atoms with van der Waals surface area (Å²) in [4.78, 5) is 17.1. The molecule has 0 radical (unpaired) electrons. The number of carbonyl (C=O) groups is 1. The molecule has 0 aliphatic heterocycles. The van der Waals surface area contributed by atoms with Crippen molar-refractivity contribution in [1.29, 1.82) is 0 Å². The summed E-state index contributed by atoms with van der Waals surface area (Å²) in [5.74, 6) is -0.0507. The lowest BCUT2D eigenvalue weighted by Gasteiger charge is -2.16. The molecule has 0 bridgehead atoms. The first-order chi connectivity index (χ1) is 7.74. The van der Waals surface area contributed by atoms with Gasteiger partial charge in [0.1, 0.15) is 6.61 Å². The van der Waals surface area contributed by atoms with E-state index in [2.05, 4.69) is 4.98 Å². The molecule has 0 aromatic carbocycles. The monoisotopic (exact) mass is 223 g/mol. The van der Waals surface area contributed by atoms with E-state index in [9.17, 15) is 4.79 Å². The highest BCUT2D eigenvalue weighted by Crippen LogP contribution is 2.01. The van der Waals surface area contributed by atoms with Crippen LogP contribution in [-0.2, 0) is 16.1 Å². The first-order valence-corrected chi connectivity index (χ1v) is 5.14. The van der Waals surface area contributed by atoms with Gasteiger partial charge in [0.25, 0.3) is 0 Å². The minimum Gasteiger partial charge on any atom is -0.370 e. The van der Waals surface area contributed by atoms with Gasteiger partial charge < -0.3 is 15.4 Å². The number of rotatable bonds is 6. The molecule has 1 aromatic heterocycles. The number of hydrogen-bond donors (Lipinski definition) is 1. The molecule has 5 nitrogen and oxygen atoms in total. The molecule has 0 aliphatic rings. The molecule has 1 aromatic rings. The third kappa shape index (κ3) is 4.37. The normalized spacial score (nSPS) is 10.1. The van der Waals surface area contributed by atoms with Crippen LogP contribution >= 0.6 is 0 Å². The van der Waals surface area contributed by atoms with E-state index in [1.165, 1.54) is 0 Å². The van der Waals surface area contributed by atoms with Crippen molar-refractivity contribution in [3.05, 3.63) is 30.1 Å². The number of carbonyl (C=O) groups excluding carboxylic acids is 1. The zero-order chi connectivity index (χ0) is 11.8. The Kier molecular flexibility index (Phi) is 5.45. The zero-order valence-corrected chi connectivity index (χ0v) is 9.43. The highest BCUT2D eigenvalue weighted by molar-refractivity contribution is 5.77. The Balaban J connectivity index is 2.34. The van der Waals surface area contributed by atoms with E-state index in [0.29, 0.717) is 19.7 Å². The second-order valence-electron chi connectivity index (χ2n) is 3.45. The fourth-order valence-electron chi connectivity index (χ4n) is 1.20. The minimum atomic E-state index is -0.0507. The molecule has 0 spiro atoms. The fourth-order valence-corrected chi connectivity index (χ4v) is 1.20. The average molecular weight is 223 g/mol. The standard InChI is InChI=1S/C11H17N3O2/c1-14(11(15)9-16-7-4-12)8-10-2-5-13-6-3-10/h2-3,5-6H,4,7-9,12H2,1H3. The maximum atomic E-state index is 11.6.